The Morgan fingerprint density at radius 3 is 2.42 bits per heavy atom. The number of aromatic nitrogens is 2. The van der Waals surface area contributed by atoms with Gasteiger partial charge in [0.15, 0.2) is 0 Å². The number of hydrogen-bond donors (Lipinski definition) is 1. The third-order valence-corrected chi connectivity index (χ3v) is 4.74. The lowest BCUT2D eigenvalue weighted by Crippen LogP contribution is -2.28. The summed E-state index contributed by atoms with van der Waals surface area (Å²) in [5.41, 5.74) is 1.95. The van der Waals surface area contributed by atoms with Gasteiger partial charge in [-0.05, 0) is 44.4 Å². The molecule has 1 aromatic heterocycles. The van der Waals surface area contributed by atoms with E-state index in [0.29, 0.717) is 22.2 Å². The zero-order valence-electron chi connectivity index (χ0n) is 16.1. The molecule has 0 radical (unpaired) electrons. The van der Waals surface area contributed by atoms with Crippen molar-refractivity contribution in [3.05, 3.63) is 28.6 Å². The second-order valence-electron chi connectivity index (χ2n) is 7.40. The Balaban J connectivity index is 2.90. The molecular formula is C19H25N3O4. The van der Waals surface area contributed by atoms with Gasteiger partial charge in [-0.1, -0.05) is 0 Å². The van der Waals surface area contributed by atoms with Crippen LogP contribution in [0.25, 0.3) is 11.0 Å². The van der Waals surface area contributed by atoms with E-state index in [4.69, 9.17) is 0 Å². The average Bonchev–Trinajstić information content (AvgIpc) is 2.83. The number of benzene rings is 1. The monoisotopic (exact) mass is 359 g/mol. The molecule has 1 heterocycles. The highest BCUT2D eigenvalue weighted by Gasteiger charge is 2.32. The number of aliphatic carboxylic acids is 1. The van der Waals surface area contributed by atoms with Crippen LogP contribution in [-0.4, -0.2) is 51.8 Å². The molecule has 0 spiro atoms. The molecular weight excluding hydrogens is 334 g/mol. The van der Waals surface area contributed by atoms with Gasteiger partial charge < -0.3 is 19.4 Å². The van der Waals surface area contributed by atoms with Crippen LogP contribution in [0.3, 0.4) is 0 Å². The maximum atomic E-state index is 12.7. The molecule has 1 aromatic carbocycles. The fourth-order valence-corrected chi connectivity index (χ4v) is 3.00. The van der Waals surface area contributed by atoms with Crippen LogP contribution in [0.2, 0.25) is 0 Å². The number of fused-ring (bicyclic) bond motifs is 1. The Labute approximate surface area is 152 Å². The number of rotatable bonds is 6. The van der Waals surface area contributed by atoms with Crippen LogP contribution in [-0.2, 0) is 29.5 Å². The first-order valence-corrected chi connectivity index (χ1v) is 8.37. The van der Waals surface area contributed by atoms with Gasteiger partial charge >= 0.3 is 5.97 Å². The standard InChI is InChI=1S/C19H25N3O4/c1-11-20-16-14(10-19(2,3)18(25)26)12(7-8-23)13(17(24)21(4)5)9-15(16)22(11)6/h8-9H,7,10H2,1-6H3,(H,25,26). The highest BCUT2D eigenvalue weighted by atomic mass is 16.4. The highest BCUT2D eigenvalue weighted by molar-refractivity contribution is 6.01. The van der Waals surface area contributed by atoms with E-state index < -0.39 is 11.4 Å². The minimum atomic E-state index is -1.06. The molecule has 26 heavy (non-hydrogen) atoms. The zero-order chi connectivity index (χ0) is 19.8. The van der Waals surface area contributed by atoms with Crippen molar-refractivity contribution in [3.63, 3.8) is 0 Å². The Bertz CT molecular complexity index is 894. The topological polar surface area (TPSA) is 92.5 Å². The van der Waals surface area contributed by atoms with Crippen LogP contribution in [0.4, 0.5) is 0 Å². The molecule has 0 saturated heterocycles. The number of imidazole rings is 1. The number of carboxylic acid groups (broad SMARTS) is 1. The number of aldehydes is 1. The lowest BCUT2D eigenvalue weighted by atomic mass is 9.82. The third-order valence-electron chi connectivity index (χ3n) is 4.74. The molecule has 140 valence electrons. The van der Waals surface area contributed by atoms with E-state index in [1.165, 1.54) is 4.90 Å². The van der Waals surface area contributed by atoms with Gasteiger partial charge in [0.25, 0.3) is 5.91 Å². The van der Waals surface area contributed by atoms with Gasteiger partial charge in [0.1, 0.15) is 12.1 Å². The fourth-order valence-electron chi connectivity index (χ4n) is 3.00. The maximum Gasteiger partial charge on any atom is 0.309 e. The smallest absolute Gasteiger partial charge is 0.309 e. The van der Waals surface area contributed by atoms with Crippen LogP contribution in [0, 0.1) is 12.3 Å². The second kappa shape index (κ2) is 6.90. The number of carbonyl (C=O) groups excluding carboxylic acids is 2. The van der Waals surface area contributed by atoms with Gasteiger partial charge in [-0.3, -0.25) is 9.59 Å². The summed E-state index contributed by atoms with van der Waals surface area (Å²) >= 11 is 0. The highest BCUT2D eigenvalue weighted by Crippen LogP contribution is 2.33. The van der Waals surface area contributed by atoms with E-state index in [1.54, 1.807) is 34.0 Å². The van der Waals surface area contributed by atoms with Gasteiger partial charge in [0, 0.05) is 33.1 Å². The summed E-state index contributed by atoms with van der Waals surface area (Å²) in [6.45, 7) is 5.10. The lowest BCUT2D eigenvalue weighted by molar-refractivity contribution is -0.146. The molecule has 0 aliphatic rings. The minimum absolute atomic E-state index is 0.0332. The van der Waals surface area contributed by atoms with Crippen molar-refractivity contribution in [3.8, 4) is 0 Å². The van der Waals surface area contributed by atoms with Gasteiger partial charge in [-0.25, -0.2) is 4.98 Å². The summed E-state index contributed by atoms with van der Waals surface area (Å²) < 4.78 is 1.86. The van der Waals surface area contributed by atoms with E-state index in [2.05, 4.69) is 4.98 Å². The molecule has 7 nitrogen and oxygen atoms in total. The van der Waals surface area contributed by atoms with Crippen LogP contribution in [0.5, 0.6) is 0 Å². The fraction of sp³-hybridized carbons (Fsp3) is 0.474. The summed E-state index contributed by atoms with van der Waals surface area (Å²) in [5.74, 6) is -0.419. The quantitative estimate of drug-likeness (QED) is 0.796. The van der Waals surface area contributed by atoms with Crippen molar-refractivity contribution in [2.24, 2.45) is 12.5 Å². The number of carboxylic acids is 1. The van der Waals surface area contributed by atoms with Gasteiger partial charge in [0.2, 0.25) is 0 Å². The second-order valence-corrected chi connectivity index (χ2v) is 7.40. The van der Waals surface area contributed by atoms with Crippen molar-refractivity contribution < 1.29 is 19.5 Å². The summed E-state index contributed by atoms with van der Waals surface area (Å²) in [6, 6.07) is 1.74. The van der Waals surface area contributed by atoms with E-state index in [-0.39, 0.29) is 18.7 Å². The largest absolute Gasteiger partial charge is 0.481 e. The van der Waals surface area contributed by atoms with Crippen molar-refractivity contribution >= 4 is 29.2 Å². The van der Waals surface area contributed by atoms with E-state index in [9.17, 15) is 19.5 Å². The third kappa shape index (κ3) is 3.34. The Kier molecular flexibility index (Phi) is 5.21. The van der Waals surface area contributed by atoms with Gasteiger partial charge in [0.05, 0.1) is 16.4 Å². The molecule has 0 bridgehead atoms. The average molecular weight is 359 g/mol. The van der Waals surface area contributed by atoms with Crippen LogP contribution in [0.1, 0.15) is 41.2 Å². The van der Waals surface area contributed by atoms with E-state index in [1.807, 2.05) is 18.5 Å². The minimum Gasteiger partial charge on any atom is -0.481 e. The molecule has 7 heteroatoms. The SMILES string of the molecule is Cc1nc2c(CC(C)(C)C(=O)O)c(CC=O)c(C(=O)N(C)C)cc2n1C. The predicted molar refractivity (Wildman–Crippen MR) is 98.4 cm³/mol. The molecule has 2 aromatic rings. The maximum absolute atomic E-state index is 12.7. The number of nitrogens with zero attached hydrogens (tertiary/aromatic N) is 3. The Morgan fingerprint density at radius 2 is 1.92 bits per heavy atom. The molecule has 0 aliphatic carbocycles. The molecule has 0 atom stereocenters. The van der Waals surface area contributed by atoms with Crippen LogP contribution < -0.4 is 0 Å². The number of amides is 1. The first kappa shape index (κ1) is 19.6. The van der Waals surface area contributed by atoms with Crippen molar-refractivity contribution in [2.75, 3.05) is 14.1 Å². The van der Waals surface area contributed by atoms with E-state index >= 15 is 0 Å². The molecule has 0 aliphatic heterocycles. The van der Waals surface area contributed by atoms with Gasteiger partial charge in [-0.2, -0.15) is 0 Å². The van der Waals surface area contributed by atoms with Crippen molar-refractivity contribution in [1.82, 2.24) is 14.5 Å². The number of aryl methyl sites for hydroxylation is 2. The number of hydrogen-bond acceptors (Lipinski definition) is 4. The predicted octanol–water partition coefficient (Wildman–Crippen LogP) is 1.98. The van der Waals surface area contributed by atoms with Crippen LogP contribution >= 0.6 is 0 Å². The zero-order valence-corrected chi connectivity index (χ0v) is 16.1. The van der Waals surface area contributed by atoms with Crippen molar-refractivity contribution in [1.29, 1.82) is 0 Å². The summed E-state index contributed by atoms with van der Waals surface area (Å²) in [6.07, 6.45) is 0.944. The van der Waals surface area contributed by atoms with Crippen LogP contribution in [0.15, 0.2) is 6.07 Å². The normalized spacial score (nSPS) is 11.6. The summed E-state index contributed by atoms with van der Waals surface area (Å²) in [5, 5.41) is 9.55. The molecule has 0 fully saturated rings. The molecule has 0 saturated carbocycles. The molecule has 1 N–H and O–H groups in total. The van der Waals surface area contributed by atoms with Crippen molar-refractivity contribution in [2.45, 2.75) is 33.6 Å². The Morgan fingerprint density at radius 1 is 1.31 bits per heavy atom. The first-order valence-electron chi connectivity index (χ1n) is 8.37. The molecule has 2 rings (SSSR count). The first-order chi connectivity index (χ1) is 12.0. The summed E-state index contributed by atoms with van der Waals surface area (Å²) in [7, 11) is 5.14. The molecule has 1 amide bonds. The molecule has 0 unspecified atom stereocenters. The lowest BCUT2D eigenvalue weighted by Gasteiger charge is -2.23. The van der Waals surface area contributed by atoms with E-state index in [0.717, 1.165) is 17.6 Å². The number of carbonyl (C=O) groups is 3. The Hall–Kier alpha value is -2.70. The van der Waals surface area contributed by atoms with Gasteiger partial charge in [-0.15, -0.1) is 0 Å². The summed E-state index contributed by atoms with van der Waals surface area (Å²) in [4.78, 5) is 41.7.